The predicted octanol–water partition coefficient (Wildman–Crippen LogP) is 4.04. The molecule has 0 aliphatic rings. The van der Waals surface area contributed by atoms with E-state index in [-0.39, 0.29) is 11.5 Å². The number of rotatable bonds is 6. The van der Waals surface area contributed by atoms with Crippen molar-refractivity contribution in [2.24, 2.45) is 0 Å². The first-order valence-electron chi connectivity index (χ1n) is 8.47. The molecule has 0 atom stereocenters. The molecule has 148 valence electrons. The van der Waals surface area contributed by atoms with Crippen molar-refractivity contribution in [2.75, 3.05) is 5.32 Å². The molecule has 0 fully saturated rings. The van der Waals surface area contributed by atoms with Crippen LogP contribution in [0.5, 0.6) is 0 Å². The number of anilines is 1. The fraction of sp³-hybridized carbons (Fsp3) is 0.111. The maximum absolute atomic E-state index is 12.5. The van der Waals surface area contributed by atoms with Crippen molar-refractivity contribution in [2.45, 2.75) is 13.2 Å². The van der Waals surface area contributed by atoms with Gasteiger partial charge in [0.2, 0.25) is 0 Å². The zero-order chi connectivity index (χ0) is 20.4. The Balaban J connectivity index is 1.44. The SMILES string of the molecule is O=C(Nc1nn(Cc2ccc(Cl)cc2Cl)cc1Cl)c1ccn(Cn2cccn2)n1. The Hall–Kier alpha value is -2.81. The van der Waals surface area contributed by atoms with E-state index in [0.29, 0.717) is 28.3 Å². The number of halogens is 3. The van der Waals surface area contributed by atoms with Crippen molar-refractivity contribution >= 4 is 46.5 Å². The fourth-order valence-electron chi connectivity index (χ4n) is 2.65. The first kappa shape index (κ1) is 19.5. The van der Waals surface area contributed by atoms with Crippen LogP contribution >= 0.6 is 34.8 Å². The van der Waals surface area contributed by atoms with Gasteiger partial charge in [0, 0.05) is 34.8 Å². The van der Waals surface area contributed by atoms with Crippen molar-refractivity contribution in [1.29, 1.82) is 0 Å². The van der Waals surface area contributed by atoms with Crippen molar-refractivity contribution < 1.29 is 4.79 Å². The number of carbonyl (C=O) groups excluding carboxylic acids is 1. The lowest BCUT2D eigenvalue weighted by Crippen LogP contribution is -2.15. The quantitative estimate of drug-likeness (QED) is 0.480. The Kier molecular flexibility index (Phi) is 5.57. The summed E-state index contributed by atoms with van der Waals surface area (Å²) < 4.78 is 4.88. The van der Waals surface area contributed by atoms with E-state index in [9.17, 15) is 4.79 Å². The van der Waals surface area contributed by atoms with E-state index in [1.807, 2.05) is 12.1 Å². The summed E-state index contributed by atoms with van der Waals surface area (Å²) in [5, 5.41) is 16.7. The number of carbonyl (C=O) groups is 1. The standard InChI is InChI=1S/C18H14Cl3N7O/c19-13-3-2-12(14(20)8-13)9-28-10-15(21)17(25-28)23-18(29)16-4-7-27(24-16)11-26-6-1-5-22-26/h1-8,10H,9,11H2,(H,23,25,29). The Bertz CT molecular complexity index is 1150. The molecule has 8 nitrogen and oxygen atoms in total. The van der Waals surface area contributed by atoms with E-state index in [2.05, 4.69) is 20.6 Å². The summed E-state index contributed by atoms with van der Waals surface area (Å²) in [5.74, 6) is -0.177. The van der Waals surface area contributed by atoms with Crippen LogP contribution < -0.4 is 5.32 Å². The second kappa shape index (κ2) is 8.28. The smallest absolute Gasteiger partial charge is 0.277 e. The van der Waals surface area contributed by atoms with Gasteiger partial charge < -0.3 is 5.32 Å². The van der Waals surface area contributed by atoms with E-state index < -0.39 is 5.91 Å². The van der Waals surface area contributed by atoms with Crippen LogP contribution in [0.25, 0.3) is 0 Å². The summed E-state index contributed by atoms with van der Waals surface area (Å²) in [7, 11) is 0. The maximum Gasteiger partial charge on any atom is 0.277 e. The number of nitrogens with one attached hydrogen (secondary N) is 1. The van der Waals surface area contributed by atoms with E-state index >= 15 is 0 Å². The van der Waals surface area contributed by atoms with Crippen molar-refractivity contribution in [3.63, 3.8) is 0 Å². The van der Waals surface area contributed by atoms with Gasteiger partial charge in [0.1, 0.15) is 11.7 Å². The molecule has 0 spiro atoms. The Morgan fingerprint density at radius 3 is 2.62 bits per heavy atom. The molecule has 11 heteroatoms. The zero-order valence-corrected chi connectivity index (χ0v) is 17.1. The summed E-state index contributed by atoms with van der Waals surface area (Å²) in [6.45, 7) is 0.779. The average Bonchev–Trinajstić information content (AvgIpc) is 3.41. The molecule has 3 heterocycles. The number of hydrogen-bond donors (Lipinski definition) is 1. The largest absolute Gasteiger partial charge is 0.302 e. The van der Waals surface area contributed by atoms with Crippen LogP contribution in [-0.2, 0) is 13.2 Å². The third-order valence-corrected chi connectivity index (χ3v) is 4.88. The summed E-state index contributed by atoms with van der Waals surface area (Å²) in [6, 6.07) is 8.64. The highest BCUT2D eigenvalue weighted by atomic mass is 35.5. The Morgan fingerprint density at radius 2 is 1.86 bits per heavy atom. The molecule has 3 aromatic heterocycles. The van der Waals surface area contributed by atoms with Gasteiger partial charge in [0.15, 0.2) is 11.5 Å². The van der Waals surface area contributed by atoms with Crippen LogP contribution in [0, 0.1) is 0 Å². The molecule has 29 heavy (non-hydrogen) atoms. The number of benzene rings is 1. The van der Waals surface area contributed by atoms with E-state index in [1.165, 1.54) is 0 Å². The number of nitrogens with zero attached hydrogens (tertiary/aromatic N) is 6. The normalized spacial score (nSPS) is 11.0. The molecule has 4 aromatic rings. The average molecular weight is 451 g/mol. The third kappa shape index (κ3) is 4.61. The number of hydrogen-bond acceptors (Lipinski definition) is 4. The van der Waals surface area contributed by atoms with Gasteiger partial charge in [-0.25, -0.2) is 0 Å². The Morgan fingerprint density at radius 1 is 1.00 bits per heavy atom. The first-order chi connectivity index (χ1) is 14.0. The van der Waals surface area contributed by atoms with Gasteiger partial charge in [-0.3, -0.25) is 18.8 Å². The molecule has 0 unspecified atom stereocenters. The predicted molar refractivity (Wildman–Crippen MR) is 111 cm³/mol. The lowest BCUT2D eigenvalue weighted by atomic mass is 10.2. The fourth-order valence-corrected chi connectivity index (χ4v) is 3.32. The third-order valence-electron chi connectivity index (χ3n) is 4.02. The molecule has 0 aliphatic carbocycles. The van der Waals surface area contributed by atoms with Gasteiger partial charge in [-0.2, -0.15) is 15.3 Å². The first-order valence-corrected chi connectivity index (χ1v) is 9.60. The van der Waals surface area contributed by atoms with Crippen molar-refractivity contribution in [3.8, 4) is 0 Å². The molecular weight excluding hydrogens is 437 g/mol. The topological polar surface area (TPSA) is 82.6 Å². The monoisotopic (exact) mass is 449 g/mol. The highest BCUT2D eigenvalue weighted by Crippen LogP contribution is 2.24. The minimum Gasteiger partial charge on any atom is -0.302 e. The second-order valence-corrected chi connectivity index (χ2v) is 7.39. The molecule has 1 aromatic carbocycles. The lowest BCUT2D eigenvalue weighted by molar-refractivity contribution is 0.102. The maximum atomic E-state index is 12.5. The molecule has 1 N–H and O–H groups in total. The number of aromatic nitrogens is 6. The lowest BCUT2D eigenvalue weighted by Gasteiger charge is -2.05. The molecule has 0 saturated heterocycles. The minimum absolute atomic E-state index is 0.239. The minimum atomic E-state index is -0.416. The highest BCUT2D eigenvalue weighted by Gasteiger charge is 2.15. The van der Waals surface area contributed by atoms with Crippen LogP contribution in [0.1, 0.15) is 16.1 Å². The van der Waals surface area contributed by atoms with Gasteiger partial charge in [0.05, 0.1) is 6.54 Å². The zero-order valence-electron chi connectivity index (χ0n) is 14.8. The molecule has 0 radical (unpaired) electrons. The summed E-state index contributed by atoms with van der Waals surface area (Å²) in [6.07, 6.45) is 6.78. The summed E-state index contributed by atoms with van der Waals surface area (Å²) in [5.41, 5.74) is 1.06. The van der Waals surface area contributed by atoms with E-state index in [4.69, 9.17) is 34.8 Å². The van der Waals surface area contributed by atoms with Gasteiger partial charge in [0.25, 0.3) is 5.91 Å². The molecule has 0 aliphatic heterocycles. The highest BCUT2D eigenvalue weighted by molar-refractivity contribution is 6.35. The van der Waals surface area contributed by atoms with Crippen molar-refractivity contribution in [1.82, 2.24) is 29.3 Å². The van der Waals surface area contributed by atoms with Crippen LogP contribution in [0.2, 0.25) is 15.1 Å². The second-order valence-electron chi connectivity index (χ2n) is 6.14. The summed E-state index contributed by atoms with van der Waals surface area (Å²) >= 11 is 18.3. The molecule has 1 amide bonds. The Labute approximate surface area is 180 Å². The van der Waals surface area contributed by atoms with Crippen LogP contribution in [0.15, 0.2) is 55.1 Å². The molecule has 4 rings (SSSR count). The summed E-state index contributed by atoms with van der Waals surface area (Å²) in [4.78, 5) is 12.5. The van der Waals surface area contributed by atoms with Gasteiger partial charge >= 0.3 is 0 Å². The van der Waals surface area contributed by atoms with Gasteiger partial charge in [-0.15, -0.1) is 0 Å². The van der Waals surface area contributed by atoms with Crippen molar-refractivity contribution in [3.05, 3.63) is 81.4 Å². The van der Waals surface area contributed by atoms with E-state index in [1.54, 1.807) is 57.0 Å². The molecule has 0 bridgehead atoms. The van der Waals surface area contributed by atoms with Gasteiger partial charge in [-0.05, 0) is 29.8 Å². The molecule has 0 saturated carbocycles. The van der Waals surface area contributed by atoms with Crippen LogP contribution in [-0.4, -0.2) is 35.2 Å². The van der Waals surface area contributed by atoms with E-state index in [0.717, 1.165) is 5.56 Å². The molecular formula is C18H14Cl3N7O. The van der Waals surface area contributed by atoms with Crippen LogP contribution in [0.4, 0.5) is 5.82 Å². The number of amides is 1. The van der Waals surface area contributed by atoms with Crippen LogP contribution in [0.3, 0.4) is 0 Å². The van der Waals surface area contributed by atoms with Gasteiger partial charge in [-0.1, -0.05) is 40.9 Å².